The van der Waals surface area contributed by atoms with Crippen LogP contribution in [0.25, 0.3) is 10.2 Å². The molecule has 1 aromatic heterocycles. The van der Waals surface area contributed by atoms with E-state index in [2.05, 4.69) is 4.98 Å². The third kappa shape index (κ3) is 2.84. The largest absolute Gasteiger partial charge is 0.491 e. The molecule has 3 rings (SSSR count). The maximum absolute atomic E-state index is 6.07. The van der Waals surface area contributed by atoms with Crippen LogP contribution in [-0.2, 0) is 0 Å². The molecule has 3 nitrogen and oxygen atoms in total. The van der Waals surface area contributed by atoms with Gasteiger partial charge in [-0.15, -0.1) is 11.3 Å². The molecular weight excluding hydrogens is 256 g/mol. The van der Waals surface area contributed by atoms with Gasteiger partial charge in [0, 0.05) is 6.07 Å². The summed E-state index contributed by atoms with van der Waals surface area (Å²) >= 11 is 1.67. The van der Waals surface area contributed by atoms with E-state index in [-0.39, 0.29) is 0 Å². The molecule has 1 saturated carbocycles. The van der Waals surface area contributed by atoms with Crippen molar-refractivity contribution in [2.24, 2.45) is 5.92 Å². The Hall–Kier alpha value is -1.29. The number of nitrogens with zero attached hydrogens (tertiary/aromatic N) is 1. The van der Waals surface area contributed by atoms with Gasteiger partial charge in [-0.25, -0.2) is 4.98 Å². The molecule has 19 heavy (non-hydrogen) atoms. The van der Waals surface area contributed by atoms with Crippen LogP contribution >= 0.6 is 11.3 Å². The molecule has 2 N–H and O–H groups in total. The number of aromatic nitrogens is 1. The van der Waals surface area contributed by atoms with Crippen LogP contribution in [0.5, 0.6) is 5.75 Å². The summed E-state index contributed by atoms with van der Waals surface area (Å²) in [5.74, 6) is 1.49. The van der Waals surface area contributed by atoms with Crippen LogP contribution in [0.15, 0.2) is 12.1 Å². The summed E-state index contributed by atoms with van der Waals surface area (Å²) in [5, 5.41) is 1.07. The fraction of sp³-hybridized carbons (Fsp3) is 0.533. The molecule has 2 aromatic rings. The lowest BCUT2D eigenvalue weighted by atomic mass is 9.90. The van der Waals surface area contributed by atoms with Crippen molar-refractivity contribution in [3.8, 4) is 5.75 Å². The maximum Gasteiger partial charge on any atom is 0.144 e. The highest BCUT2D eigenvalue weighted by Crippen LogP contribution is 2.32. The van der Waals surface area contributed by atoms with Gasteiger partial charge in [0.2, 0.25) is 0 Å². The zero-order valence-electron chi connectivity index (χ0n) is 11.3. The molecule has 0 atom stereocenters. The Morgan fingerprint density at radius 2 is 2.11 bits per heavy atom. The van der Waals surface area contributed by atoms with Crippen LogP contribution in [0.3, 0.4) is 0 Å². The molecular formula is C15H20N2OS. The van der Waals surface area contributed by atoms with Crippen molar-refractivity contribution in [3.63, 3.8) is 0 Å². The van der Waals surface area contributed by atoms with Crippen LogP contribution in [0, 0.1) is 12.8 Å². The van der Waals surface area contributed by atoms with Gasteiger partial charge in [-0.2, -0.15) is 0 Å². The molecule has 0 spiro atoms. The van der Waals surface area contributed by atoms with Gasteiger partial charge in [0.15, 0.2) is 0 Å². The van der Waals surface area contributed by atoms with Crippen molar-refractivity contribution < 1.29 is 4.74 Å². The molecule has 0 amide bonds. The predicted octanol–water partition coefficient (Wildman–Crippen LogP) is 4.15. The number of ether oxygens (including phenoxy) is 1. The van der Waals surface area contributed by atoms with E-state index in [1.807, 2.05) is 19.1 Å². The lowest BCUT2D eigenvalue weighted by Crippen LogP contribution is -2.15. The molecule has 0 saturated heterocycles. The SMILES string of the molecule is Cc1nc2cc(OCC3CCCCC3)c(N)cc2s1. The minimum atomic E-state index is 0.695. The number of hydrogen-bond acceptors (Lipinski definition) is 4. The third-order valence-corrected chi connectivity index (χ3v) is 4.76. The summed E-state index contributed by atoms with van der Waals surface area (Å²) in [6, 6.07) is 3.97. The van der Waals surface area contributed by atoms with E-state index >= 15 is 0 Å². The monoisotopic (exact) mass is 276 g/mol. The Morgan fingerprint density at radius 1 is 1.32 bits per heavy atom. The number of anilines is 1. The molecule has 4 heteroatoms. The highest BCUT2D eigenvalue weighted by molar-refractivity contribution is 7.18. The molecule has 1 heterocycles. The Bertz CT molecular complexity index is 573. The predicted molar refractivity (Wildman–Crippen MR) is 80.8 cm³/mol. The van der Waals surface area contributed by atoms with Crippen molar-refractivity contribution >= 4 is 27.2 Å². The Kier molecular flexibility index (Phi) is 3.60. The minimum Gasteiger partial charge on any atom is -0.491 e. The number of nitrogen functional groups attached to an aromatic ring is 1. The van der Waals surface area contributed by atoms with E-state index in [4.69, 9.17) is 10.5 Å². The number of benzene rings is 1. The van der Waals surface area contributed by atoms with Crippen LogP contribution in [0.4, 0.5) is 5.69 Å². The van der Waals surface area contributed by atoms with Gasteiger partial charge in [-0.05, 0) is 31.7 Å². The van der Waals surface area contributed by atoms with Gasteiger partial charge in [-0.3, -0.25) is 0 Å². The highest BCUT2D eigenvalue weighted by atomic mass is 32.1. The second-order valence-electron chi connectivity index (χ2n) is 5.41. The first-order valence-electron chi connectivity index (χ1n) is 7.02. The zero-order chi connectivity index (χ0) is 13.2. The lowest BCUT2D eigenvalue weighted by molar-refractivity contribution is 0.210. The smallest absolute Gasteiger partial charge is 0.144 e. The molecule has 1 aliphatic carbocycles. The molecule has 0 aliphatic heterocycles. The van der Waals surface area contributed by atoms with Crippen molar-refractivity contribution in [1.29, 1.82) is 0 Å². The van der Waals surface area contributed by atoms with Gasteiger partial charge in [0.05, 0.1) is 27.5 Å². The number of hydrogen-bond donors (Lipinski definition) is 1. The standard InChI is InChI=1S/C15H20N2OS/c1-10-17-13-8-14(12(16)7-15(13)19-10)18-9-11-5-3-2-4-6-11/h7-8,11H,2-6,9,16H2,1H3. The number of fused-ring (bicyclic) bond motifs is 1. The lowest BCUT2D eigenvalue weighted by Gasteiger charge is -2.22. The average Bonchev–Trinajstić information content (AvgIpc) is 2.76. The van der Waals surface area contributed by atoms with Gasteiger partial charge in [0.25, 0.3) is 0 Å². The number of nitrogens with two attached hydrogens (primary N) is 1. The zero-order valence-corrected chi connectivity index (χ0v) is 12.1. The second-order valence-corrected chi connectivity index (χ2v) is 6.64. The first kappa shape index (κ1) is 12.7. The Balaban J connectivity index is 1.74. The second kappa shape index (κ2) is 5.37. The summed E-state index contributed by atoms with van der Waals surface area (Å²) in [6.07, 6.45) is 6.64. The normalized spacial score (nSPS) is 16.9. The summed E-state index contributed by atoms with van der Waals surface area (Å²) < 4.78 is 7.07. The van der Waals surface area contributed by atoms with E-state index in [9.17, 15) is 0 Å². The van der Waals surface area contributed by atoms with Crippen molar-refractivity contribution in [1.82, 2.24) is 4.98 Å². The summed E-state index contributed by atoms with van der Waals surface area (Å²) in [6.45, 7) is 2.81. The van der Waals surface area contributed by atoms with Crippen molar-refractivity contribution in [3.05, 3.63) is 17.1 Å². The number of aryl methyl sites for hydroxylation is 1. The van der Waals surface area contributed by atoms with Crippen LogP contribution < -0.4 is 10.5 Å². The number of thiazole rings is 1. The van der Waals surface area contributed by atoms with E-state index in [0.717, 1.165) is 33.3 Å². The number of rotatable bonds is 3. The van der Waals surface area contributed by atoms with Crippen LogP contribution in [-0.4, -0.2) is 11.6 Å². The van der Waals surface area contributed by atoms with E-state index in [1.165, 1.54) is 32.1 Å². The van der Waals surface area contributed by atoms with Gasteiger partial charge >= 0.3 is 0 Å². The maximum atomic E-state index is 6.07. The molecule has 0 bridgehead atoms. The van der Waals surface area contributed by atoms with Crippen molar-refractivity contribution in [2.75, 3.05) is 12.3 Å². The molecule has 102 valence electrons. The van der Waals surface area contributed by atoms with E-state index < -0.39 is 0 Å². The third-order valence-electron chi connectivity index (χ3n) is 3.83. The van der Waals surface area contributed by atoms with Crippen molar-refractivity contribution in [2.45, 2.75) is 39.0 Å². The molecule has 0 radical (unpaired) electrons. The summed E-state index contributed by atoms with van der Waals surface area (Å²) in [5.41, 5.74) is 7.79. The first-order chi connectivity index (χ1) is 9.22. The molecule has 0 unspecified atom stereocenters. The van der Waals surface area contributed by atoms with Gasteiger partial charge < -0.3 is 10.5 Å². The molecule has 1 aromatic carbocycles. The fourth-order valence-electron chi connectivity index (χ4n) is 2.77. The van der Waals surface area contributed by atoms with E-state index in [1.54, 1.807) is 11.3 Å². The summed E-state index contributed by atoms with van der Waals surface area (Å²) in [4.78, 5) is 4.49. The van der Waals surface area contributed by atoms with Crippen LogP contribution in [0.1, 0.15) is 37.1 Å². The van der Waals surface area contributed by atoms with Gasteiger partial charge in [-0.1, -0.05) is 19.3 Å². The molecule has 1 fully saturated rings. The van der Waals surface area contributed by atoms with E-state index in [0.29, 0.717) is 5.92 Å². The minimum absolute atomic E-state index is 0.695. The summed E-state index contributed by atoms with van der Waals surface area (Å²) in [7, 11) is 0. The Labute approximate surface area is 117 Å². The first-order valence-corrected chi connectivity index (χ1v) is 7.83. The van der Waals surface area contributed by atoms with Gasteiger partial charge in [0.1, 0.15) is 5.75 Å². The highest BCUT2D eigenvalue weighted by Gasteiger charge is 2.15. The molecule has 1 aliphatic rings. The average molecular weight is 276 g/mol. The topological polar surface area (TPSA) is 48.1 Å². The van der Waals surface area contributed by atoms with Crippen LogP contribution in [0.2, 0.25) is 0 Å². The fourth-order valence-corrected chi connectivity index (χ4v) is 3.63. The quantitative estimate of drug-likeness (QED) is 0.857. The Morgan fingerprint density at radius 3 is 2.89 bits per heavy atom.